The first-order valence-corrected chi connectivity index (χ1v) is 8.44. The second-order valence-corrected chi connectivity index (χ2v) is 6.28. The average Bonchev–Trinajstić information content (AvgIpc) is 2.56. The summed E-state index contributed by atoms with van der Waals surface area (Å²) in [5.41, 5.74) is 1.40. The van der Waals surface area contributed by atoms with Gasteiger partial charge in [0.2, 0.25) is 0 Å². The molecule has 128 valence electrons. The Morgan fingerprint density at radius 3 is 2.43 bits per heavy atom. The molecular weight excluding hydrogens is 300 g/mol. The fourth-order valence-electron chi connectivity index (χ4n) is 3.27. The number of piperidine rings is 1. The van der Waals surface area contributed by atoms with E-state index in [4.69, 9.17) is 4.74 Å². The maximum atomic E-state index is 14.4. The fraction of sp³-hybridized carbons (Fsp3) is 0.647. The highest BCUT2D eigenvalue weighted by Gasteiger charge is 2.33. The lowest BCUT2D eigenvalue weighted by Gasteiger charge is -2.33. The normalized spacial score (nSPS) is 20.5. The number of rotatable bonds is 5. The van der Waals surface area contributed by atoms with E-state index >= 15 is 0 Å². The highest BCUT2D eigenvalue weighted by molar-refractivity contribution is 5.70. The van der Waals surface area contributed by atoms with Crippen molar-refractivity contribution in [2.24, 2.45) is 0 Å². The largest absolute Gasteiger partial charge is 0.379 e. The van der Waals surface area contributed by atoms with Crippen molar-refractivity contribution < 1.29 is 13.5 Å². The van der Waals surface area contributed by atoms with Crippen LogP contribution in [0.5, 0.6) is 0 Å². The van der Waals surface area contributed by atoms with Crippen molar-refractivity contribution in [1.29, 1.82) is 0 Å². The zero-order valence-corrected chi connectivity index (χ0v) is 13.4. The van der Waals surface area contributed by atoms with Crippen molar-refractivity contribution in [2.75, 3.05) is 56.2 Å². The van der Waals surface area contributed by atoms with Gasteiger partial charge in [0.1, 0.15) is 0 Å². The van der Waals surface area contributed by atoms with E-state index in [0.717, 1.165) is 31.6 Å². The second kappa shape index (κ2) is 7.45. The molecule has 0 bridgehead atoms. The molecule has 1 aromatic carbocycles. The summed E-state index contributed by atoms with van der Waals surface area (Å²) in [6.45, 7) is 3.77. The molecule has 0 amide bonds. The Labute approximate surface area is 136 Å². The van der Waals surface area contributed by atoms with Crippen molar-refractivity contribution in [2.45, 2.75) is 25.3 Å². The number of para-hydroxylation sites is 2. The molecule has 0 aliphatic carbocycles. The Morgan fingerprint density at radius 1 is 1.00 bits per heavy atom. The molecule has 2 aliphatic rings. The summed E-state index contributed by atoms with van der Waals surface area (Å²) in [5, 5.41) is 2.47. The van der Waals surface area contributed by atoms with Gasteiger partial charge in [-0.15, -0.1) is 0 Å². The molecule has 0 saturated carbocycles. The van der Waals surface area contributed by atoms with Crippen molar-refractivity contribution in [1.82, 2.24) is 4.90 Å². The van der Waals surface area contributed by atoms with Gasteiger partial charge in [0, 0.05) is 26.2 Å². The predicted octanol–water partition coefficient (Wildman–Crippen LogP) is 3.01. The third-order valence-electron chi connectivity index (χ3n) is 4.44. The smallest absolute Gasteiger partial charge is 0.335 e. The van der Waals surface area contributed by atoms with Crippen LogP contribution in [0, 0.1) is 0 Å². The van der Waals surface area contributed by atoms with E-state index in [2.05, 4.69) is 10.2 Å². The quantitative estimate of drug-likeness (QED) is 0.842. The molecule has 0 aromatic heterocycles. The summed E-state index contributed by atoms with van der Waals surface area (Å²) >= 11 is 0. The molecule has 0 radical (unpaired) electrons. The van der Waals surface area contributed by atoms with Gasteiger partial charge in [0.15, 0.2) is 0 Å². The van der Waals surface area contributed by atoms with Crippen LogP contribution in [0.4, 0.5) is 20.2 Å². The number of halogens is 2. The van der Waals surface area contributed by atoms with Crippen molar-refractivity contribution in [3.05, 3.63) is 24.3 Å². The number of hydrogen-bond acceptors (Lipinski definition) is 4. The third kappa shape index (κ3) is 4.54. The van der Waals surface area contributed by atoms with Gasteiger partial charge in [-0.25, -0.2) is 0 Å². The number of alkyl halides is 2. The van der Waals surface area contributed by atoms with Crippen LogP contribution in [0.3, 0.4) is 0 Å². The van der Waals surface area contributed by atoms with Crippen molar-refractivity contribution in [3.63, 3.8) is 0 Å². The van der Waals surface area contributed by atoms with Crippen LogP contribution in [0.15, 0.2) is 24.3 Å². The summed E-state index contributed by atoms with van der Waals surface area (Å²) in [6, 6.07) is 4.44. The van der Waals surface area contributed by atoms with Gasteiger partial charge in [-0.1, -0.05) is 12.1 Å². The Bertz CT molecular complexity index is 500. The minimum absolute atomic E-state index is 0.287. The van der Waals surface area contributed by atoms with Gasteiger partial charge in [0.25, 0.3) is 0 Å². The Balaban J connectivity index is 1.68. The van der Waals surface area contributed by atoms with E-state index < -0.39 is 6.05 Å². The molecule has 2 aliphatic heterocycles. The fourth-order valence-corrected chi connectivity index (χ4v) is 3.27. The van der Waals surface area contributed by atoms with Crippen LogP contribution >= 0.6 is 0 Å². The van der Waals surface area contributed by atoms with Gasteiger partial charge in [-0.2, -0.15) is 8.78 Å². The molecule has 1 aromatic rings. The molecule has 23 heavy (non-hydrogen) atoms. The van der Waals surface area contributed by atoms with E-state index in [9.17, 15) is 8.78 Å². The molecule has 1 N–H and O–H groups in total. The Morgan fingerprint density at radius 2 is 1.70 bits per heavy atom. The standard InChI is InChI=1S/C17H25F2N3O/c18-17(19,14-21-10-12-23-13-11-21)20-15-6-2-3-7-16(15)22-8-4-1-5-9-22/h2-3,6-7,20H,1,4-5,8-14H2. The minimum atomic E-state index is -2.96. The van der Waals surface area contributed by atoms with Gasteiger partial charge in [0.05, 0.1) is 31.1 Å². The highest BCUT2D eigenvalue weighted by Crippen LogP contribution is 2.31. The molecule has 0 atom stereocenters. The molecule has 6 heteroatoms. The van der Waals surface area contributed by atoms with Crippen molar-refractivity contribution in [3.8, 4) is 0 Å². The SMILES string of the molecule is FC(F)(CN1CCOCC1)Nc1ccccc1N1CCCCC1. The molecule has 4 nitrogen and oxygen atoms in total. The maximum Gasteiger partial charge on any atom is 0.335 e. The van der Waals surface area contributed by atoms with Crippen LogP contribution in [0.2, 0.25) is 0 Å². The Hall–Kier alpha value is -1.40. The van der Waals surface area contributed by atoms with Gasteiger partial charge in [-0.05, 0) is 31.4 Å². The molecule has 2 heterocycles. The molecule has 2 saturated heterocycles. The zero-order valence-electron chi connectivity index (χ0n) is 13.4. The average molecular weight is 325 g/mol. The van der Waals surface area contributed by atoms with Crippen molar-refractivity contribution >= 4 is 11.4 Å². The van der Waals surface area contributed by atoms with E-state index in [1.807, 2.05) is 12.1 Å². The first-order valence-electron chi connectivity index (χ1n) is 8.44. The lowest BCUT2D eigenvalue weighted by atomic mass is 10.1. The lowest BCUT2D eigenvalue weighted by molar-refractivity contribution is -0.0384. The maximum absolute atomic E-state index is 14.4. The number of morpholine rings is 1. The summed E-state index contributed by atoms with van der Waals surface area (Å²) in [7, 11) is 0. The number of ether oxygens (including phenoxy) is 1. The Kier molecular flexibility index (Phi) is 5.33. The van der Waals surface area contributed by atoms with Crippen LogP contribution in [0.1, 0.15) is 19.3 Å². The molecule has 2 fully saturated rings. The molecule has 0 unspecified atom stereocenters. The number of benzene rings is 1. The molecular formula is C17H25F2N3O. The van der Waals surface area contributed by atoms with E-state index in [1.54, 1.807) is 17.0 Å². The van der Waals surface area contributed by atoms with E-state index in [-0.39, 0.29) is 6.54 Å². The number of nitrogens with one attached hydrogen (secondary N) is 1. The first-order chi connectivity index (χ1) is 11.1. The minimum Gasteiger partial charge on any atom is -0.379 e. The number of nitrogens with zero attached hydrogens (tertiary/aromatic N) is 2. The van der Waals surface area contributed by atoms with Gasteiger partial charge >= 0.3 is 6.05 Å². The van der Waals surface area contributed by atoms with Crippen LogP contribution in [-0.2, 0) is 4.74 Å². The third-order valence-corrected chi connectivity index (χ3v) is 4.44. The summed E-state index contributed by atoms with van der Waals surface area (Å²) < 4.78 is 34.1. The number of anilines is 2. The summed E-state index contributed by atoms with van der Waals surface area (Å²) in [4.78, 5) is 3.96. The van der Waals surface area contributed by atoms with Crippen LogP contribution in [0.25, 0.3) is 0 Å². The predicted molar refractivity (Wildman–Crippen MR) is 88.3 cm³/mol. The van der Waals surface area contributed by atoms with Crippen LogP contribution in [-0.4, -0.2) is 56.9 Å². The molecule has 3 rings (SSSR count). The van der Waals surface area contributed by atoms with Crippen LogP contribution < -0.4 is 10.2 Å². The highest BCUT2D eigenvalue weighted by atomic mass is 19.3. The van der Waals surface area contributed by atoms with Gasteiger partial charge in [-0.3, -0.25) is 4.90 Å². The monoisotopic (exact) mass is 325 g/mol. The molecule has 0 spiro atoms. The second-order valence-electron chi connectivity index (χ2n) is 6.28. The van der Waals surface area contributed by atoms with E-state index in [1.165, 1.54) is 6.42 Å². The van der Waals surface area contributed by atoms with E-state index in [0.29, 0.717) is 32.0 Å². The number of hydrogen-bond donors (Lipinski definition) is 1. The first kappa shape index (κ1) is 16.5. The van der Waals surface area contributed by atoms with Gasteiger partial charge < -0.3 is 15.0 Å². The zero-order chi connectivity index (χ0) is 16.1. The summed E-state index contributed by atoms with van der Waals surface area (Å²) in [5.74, 6) is 0. The lowest BCUT2D eigenvalue weighted by Crippen LogP contribution is -2.47. The summed E-state index contributed by atoms with van der Waals surface area (Å²) in [6.07, 6.45) is 3.47. The topological polar surface area (TPSA) is 27.7 Å².